The average molecular weight is 300 g/mol. The number of para-hydroxylation sites is 2. The molecule has 22 heavy (non-hydrogen) atoms. The second kappa shape index (κ2) is 5.94. The SMILES string of the molecule is Cn1c(CN2C/C(=C/CC(=O)NO)N=N2)nc2ccccc21. The lowest BCUT2D eigenvalue weighted by Gasteiger charge is -2.11. The number of imidazole rings is 1. The zero-order chi connectivity index (χ0) is 15.5. The van der Waals surface area contributed by atoms with Crippen molar-refractivity contribution in [2.45, 2.75) is 13.0 Å². The topological polar surface area (TPSA) is 95.1 Å². The number of amides is 1. The normalized spacial score (nSPS) is 15.9. The van der Waals surface area contributed by atoms with Crippen LogP contribution in [-0.2, 0) is 18.4 Å². The van der Waals surface area contributed by atoms with E-state index in [-0.39, 0.29) is 6.42 Å². The van der Waals surface area contributed by atoms with Crippen LogP contribution in [0.5, 0.6) is 0 Å². The Labute approximate surface area is 126 Å². The highest BCUT2D eigenvalue weighted by Crippen LogP contribution is 2.19. The lowest BCUT2D eigenvalue weighted by Crippen LogP contribution is -2.18. The first kappa shape index (κ1) is 14.2. The summed E-state index contributed by atoms with van der Waals surface area (Å²) < 4.78 is 2.03. The molecule has 1 aliphatic heterocycles. The molecule has 1 aliphatic rings. The van der Waals surface area contributed by atoms with E-state index >= 15 is 0 Å². The monoisotopic (exact) mass is 300 g/mol. The fraction of sp³-hybridized carbons (Fsp3) is 0.286. The summed E-state index contributed by atoms with van der Waals surface area (Å²) in [6.07, 6.45) is 1.72. The second-order valence-corrected chi connectivity index (χ2v) is 5.02. The first-order chi connectivity index (χ1) is 10.7. The van der Waals surface area contributed by atoms with Crippen LogP contribution < -0.4 is 5.48 Å². The Bertz CT molecular complexity index is 764. The number of aromatic nitrogens is 2. The van der Waals surface area contributed by atoms with Crippen molar-refractivity contribution in [3.05, 3.63) is 41.9 Å². The summed E-state index contributed by atoms with van der Waals surface area (Å²) in [5, 5.41) is 18.3. The van der Waals surface area contributed by atoms with Crippen LogP contribution in [0.15, 0.2) is 46.4 Å². The summed E-state index contributed by atoms with van der Waals surface area (Å²) in [6, 6.07) is 7.94. The van der Waals surface area contributed by atoms with Gasteiger partial charge in [0.2, 0.25) is 5.91 Å². The number of carbonyl (C=O) groups is 1. The predicted octanol–water partition coefficient (Wildman–Crippen LogP) is 1.54. The first-order valence-electron chi connectivity index (χ1n) is 6.86. The molecule has 0 saturated heterocycles. The van der Waals surface area contributed by atoms with E-state index in [1.165, 1.54) is 0 Å². The largest absolute Gasteiger partial charge is 0.330 e. The van der Waals surface area contributed by atoms with Gasteiger partial charge in [0, 0.05) is 13.5 Å². The van der Waals surface area contributed by atoms with Crippen LogP contribution in [0.1, 0.15) is 12.2 Å². The highest BCUT2D eigenvalue weighted by molar-refractivity contribution is 5.76. The van der Waals surface area contributed by atoms with Crippen LogP contribution in [0.3, 0.4) is 0 Å². The third-order valence-corrected chi connectivity index (χ3v) is 3.50. The van der Waals surface area contributed by atoms with Gasteiger partial charge in [-0.25, -0.2) is 10.5 Å². The number of carbonyl (C=O) groups excluding carboxylic acids is 1. The van der Waals surface area contributed by atoms with Crippen LogP contribution in [0.2, 0.25) is 0 Å². The molecule has 3 rings (SSSR count). The number of hydroxylamine groups is 1. The zero-order valence-electron chi connectivity index (χ0n) is 12.1. The summed E-state index contributed by atoms with van der Waals surface area (Å²) >= 11 is 0. The first-order valence-corrected chi connectivity index (χ1v) is 6.86. The number of nitrogens with one attached hydrogen (secondary N) is 1. The minimum absolute atomic E-state index is 0.0744. The number of benzene rings is 1. The van der Waals surface area contributed by atoms with Crippen LogP contribution in [-0.4, -0.2) is 32.2 Å². The molecular weight excluding hydrogens is 284 g/mol. The van der Waals surface area contributed by atoms with Gasteiger partial charge in [-0.15, -0.1) is 5.11 Å². The van der Waals surface area contributed by atoms with Crippen molar-refractivity contribution in [2.24, 2.45) is 17.4 Å². The maximum absolute atomic E-state index is 11.0. The van der Waals surface area contributed by atoms with Crippen LogP contribution in [0.4, 0.5) is 0 Å². The molecule has 1 aromatic carbocycles. The molecule has 8 nitrogen and oxygen atoms in total. The molecule has 1 amide bonds. The quantitative estimate of drug-likeness (QED) is 0.661. The van der Waals surface area contributed by atoms with Gasteiger partial charge in [-0.2, -0.15) is 0 Å². The Morgan fingerprint density at radius 3 is 3.05 bits per heavy atom. The van der Waals surface area contributed by atoms with Gasteiger partial charge in [-0.05, 0) is 18.2 Å². The van der Waals surface area contributed by atoms with E-state index in [4.69, 9.17) is 5.21 Å². The van der Waals surface area contributed by atoms with Gasteiger partial charge in [0.25, 0.3) is 0 Å². The van der Waals surface area contributed by atoms with Crippen molar-refractivity contribution in [3.63, 3.8) is 0 Å². The van der Waals surface area contributed by atoms with Crippen molar-refractivity contribution in [3.8, 4) is 0 Å². The Morgan fingerprint density at radius 1 is 1.45 bits per heavy atom. The third kappa shape index (κ3) is 2.82. The highest BCUT2D eigenvalue weighted by Gasteiger charge is 2.16. The molecule has 8 heteroatoms. The molecule has 1 aromatic heterocycles. The smallest absolute Gasteiger partial charge is 0.247 e. The standard InChI is InChI=1S/C14H16N6O2/c1-19-12-5-3-2-4-11(12)15-13(19)9-20-8-10(16-18-20)6-7-14(21)17-22/h2-6,22H,7-9H2,1H3,(H,17,21)/b10-6-. The lowest BCUT2D eigenvalue weighted by atomic mass is 10.3. The van der Waals surface area contributed by atoms with Crippen LogP contribution in [0, 0.1) is 0 Å². The van der Waals surface area contributed by atoms with Crippen molar-refractivity contribution in [2.75, 3.05) is 6.54 Å². The molecule has 0 fully saturated rings. The summed E-state index contributed by atoms with van der Waals surface area (Å²) in [6.45, 7) is 1.06. The van der Waals surface area contributed by atoms with E-state index in [1.807, 2.05) is 35.9 Å². The van der Waals surface area contributed by atoms with Gasteiger partial charge in [0.1, 0.15) is 5.82 Å². The van der Waals surface area contributed by atoms with E-state index in [0.29, 0.717) is 18.8 Å². The number of fused-ring (bicyclic) bond motifs is 1. The average Bonchev–Trinajstić information content (AvgIpc) is 3.11. The Hall–Kier alpha value is -2.74. The fourth-order valence-electron chi connectivity index (χ4n) is 2.32. The minimum Gasteiger partial charge on any atom is -0.330 e. The minimum atomic E-state index is -0.475. The summed E-state index contributed by atoms with van der Waals surface area (Å²) in [7, 11) is 1.97. The number of aryl methyl sites for hydroxylation is 1. The second-order valence-electron chi connectivity index (χ2n) is 5.02. The molecule has 0 spiro atoms. The van der Waals surface area contributed by atoms with Crippen LogP contribution in [0.25, 0.3) is 11.0 Å². The van der Waals surface area contributed by atoms with Crippen molar-refractivity contribution >= 4 is 16.9 Å². The molecule has 0 aliphatic carbocycles. The maximum Gasteiger partial charge on any atom is 0.247 e. The maximum atomic E-state index is 11.0. The molecule has 0 saturated carbocycles. The van der Waals surface area contributed by atoms with Crippen molar-refractivity contribution in [1.29, 1.82) is 0 Å². The Balaban J connectivity index is 1.68. The highest BCUT2D eigenvalue weighted by atomic mass is 16.5. The van der Waals surface area contributed by atoms with E-state index in [9.17, 15) is 4.79 Å². The third-order valence-electron chi connectivity index (χ3n) is 3.50. The number of rotatable bonds is 4. The van der Waals surface area contributed by atoms with Gasteiger partial charge in [-0.1, -0.05) is 17.4 Å². The molecule has 114 valence electrons. The Morgan fingerprint density at radius 2 is 2.27 bits per heavy atom. The van der Waals surface area contributed by atoms with Crippen LogP contribution >= 0.6 is 0 Å². The predicted molar refractivity (Wildman–Crippen MR) is 78.6 cm³/mol. The van der Waals surface area contributed by atoms with E-state index in [0.717, 1.165) is 16.9 Å². The van der Waals surface area contributed by atoms with Gasteiger partial charge in [0.15, 0.2) is 0 Å². The molecular formula is C14H16N6O2. The number of hydrogen-bond acceptors (Lipinski definition) is 6. The van der Waals surface area contributed by atoms with Gasteiger partial charge in [-0.3, -0.25) is 15.0 Å². The summed E-state index contributed by atoms with van der Waals surface area (Å²) in [5.41, 5.74) is 4.30. The van der Waals surface area contributed by atoms with Gasteiger partial charge < -0.3 is 4.57 Å². The Kier molecular flexibility index (Phi) is 3.84. The number of nitrogens with zero attached hydrogens (tertiary/aromatic N) is 5. The molecule has 2 N–H and O–H groups in total. The van der Waals surface area contributed by atoms with E-state index < -0.39 is 5.91 Å². The van der Waals surface area contributed by atoms with Gasteiger partial charge in [0.05, 0.1) is 29.8 Å². The zero-order valence-corrected chi connectivity index (χ0v) is 12.1. The summed E-state index contributed by atoms with van der Waals surface area (Å²) in [4.78, 5) is 15.6. The fourth-order valence-corrected chi connectivity index (χ4v) is 2.32. The van der Waals surface area contributed by atoms with E-state index in [1.54, 1.807) is 16.6 Å². The summed E-state index contributed by atoms with van der Waals surface area (Å²) in [5.74, 6) is 0.422. The molecule has 0 bridgehead atoms. The number of hydrogen-bond donors (Lipinski definition) is 2. The van der Waals surface area contributed by atoms with E-state index in [2.05, 4.69) is 15.3 Å². The molecule has 2 heterocycles. The molecule has 2 aromatic rings. The molecule has 0 unspecified atom stereocenters. The molecule has 0 atom stereocenters. The van der Waals surface area contributed by atoms with Crippen molar-refractivity contribution in [1.82, 2.24) is 20.0 Å². The molecule has 0 radical (unpaired) electrons. The lowest BCUT2D eigenvalue weighted by molar-refractivity contribution is -0.128. The van der Waals surface area contributed by atoms with Gasteiger partial charge >= 0.3 is 0 Å². The van der Waals surface area contributed by atoms with Crippen molar-refractivity contribution < 1.29 is 10.0 Å².